The second-order valence-corrected chi connectivity index (χ2v) is 7.85. The highest BCUT2D eigenvalue weighted by atomic mass is 16.5. The Kier molecular flexibility index (Phi) is 5.97. The van der Waals surface area contributed by atoms with Crippen LogP contribution in [0.2, 0.25) is 0 Å². The van der Waals surface area contributed by atoms with Crippen LogP contribution >= 0.6 is 0 Å². The first-order valence-corrected chi connectivity index (χ1v) is 9.61. The van der Waals surface area contributed by atoms with Crippen LogP contribution in [0.25, 0.3) is 0 Å². The van der Waals surface area contributed by atoms with Crippen LogP contribution in [-0.2, 0) is 20.7 Å². The van der Waals surface area contributed by atoms with Gasteiger partial charge in [-0.15, -0.1) is 0 Å². The van der Waals surface area contributed by atoms with E-state index < -0.39 is 0 Å². The summed E-state index contributed by atoms with van der Waals surface area (Å²) >= 11 is 0. The molecule has 2 aliphatic rings. The van der Waals surface area contributed by atoms with Crippen molar-refractivity contribution in [2.24, 2.45) is 5.41 Å². The van der Waals surface area contributed by atoms with Crippen LogP contribution in [0.5, 0.6) is 0 Å². The van der Waals surface area contributed by atoms with E-state index in [1.54, 1.807) is 7.11 Å². The smallest absolute Gasteiger partial charge is 0.226 e. The van der Waals surface area contributed by atoms with Crippen molar-refractivity contribution in [2.75, 3.05) is 39.9 Å². The Morgan fingerprint density at radius 3 is 2.69 bits per heavy atom. The summed E-state index contributed by atoms with van der Waals surface area (Å²) in [4.78, 5) is 28.7. The summed E-state index contributed by atoms with van der Waals surface area (Å²) in [5.74, 6) is 0.458. The predicted octanol–water partition coefficient (Wildman–Crippen LogP) is 2.42. The van der Waals surface area contributed by atoms with Crippen molar-refractivity contribution < 1.29 is 14.3 Å². The monoisotopic (exact) mass is 358 g/mol. The summed E-state index contributed by atoms with van der Waals surface area (Å²) in [6, 6.07) is 8.18. The number of likely N-dealkylation sites (tertiary alicyclic amines) is 2. The van der Waals surface area contributed by atoms with Crippen molar-refractivity contribution in [3.05, 3.63) is 35.4 Å². The van der Waals surface area contributed by atoms with Gasteiger partial charge in [0.25, 0.3) is 0 Å². The molecule has 2 amide bonds. The third-order valence-corrected chi connectivity index (χ3v) is 5.93. The summed E-state index contributed by atoms with van der Waals surface area (Å²) in [5.41, 5.74) is 2.46. The normalized spacial score (nSPS) is 19.8. The Balaban J connectivity index is 1.54. The Morgan fingerprint density at radius 1 is 1.23 bits per heavy atom. The van der Waals surface area contributed by atoms with Gasteiger partial charge in [-0.25, -0.2) is 0 Å². The third kappa shape index (κ3) is 4.44. The maximum Gasteiger partial charge on any atom is 0.226 e. The van der Waals surface area contributed by atoms with Gasteiger partial charge in [0, 0.05) is 39.7 Å². The molecule has 1 spiro atoms. The highest BCUT2D eigenvalue weighted by molar-refractivity contribution is 5.79. The van der Waals surface area contributed by atoms with E-state index in [0.717, 1.165) is 44.5 Å². The number of rotatable bonds is 5. The van der Waals surface area contributed by atoms with E-state index in [9.17, 15) is 9.59 Å². The fraction of sp³-hybridized carbons (Fsp3) is 0.619. The second kappa shape index (κ2) is 8.21. The first kappa shape index (κ1) is 18.9. The van der Waals surface area contributed by atoms with E-state index in [2.05, 4.69) is 19.1 Å². The van der Waals surface area contributed by atoms with Gasteiger partial charge in [-0.2, -0.15) is 0 Å². The summed E-state index contributed by atoms with van der Waals surface area (Å²) in [7, 11) is 1.67. The lowest BCUT2D eigenvalue weighted by atomic mass is 9.72. The largest absolute Gasteiger partial charge is 0.383 e. The summed E-state index contributed by atoms with van der Waals surface area (Å²) in [6.45, 7) is 5.73. The van der Waals surface area contributed by atoms with Gasteiger partial charge >= 0.3 is 0 Å². The lowest BCUT2D eigenvalue weighted by Gasteiger charge is -2.47. The van der Waals surface area contributed by atoms with Gasteiger partial charge in [0.1, 0.15) is 0 Å². The molecular formula is C21H30N2O3. The van der Waals surface area contributed by atoms with E-state index in [1.165, 1.54) is 5.56 Å². The van der Waals surface area contributed by atoms with Crippen molar-refractivity contribution in [3.63, 3.8) is 0 Å². The molecule has 0 unspecified atom stereocenters. The van der Waals surface area contributed by atoms with Crippen LogP contribution in [0, 0.1) is 12.3 Å². The molecule has 5 nitrogen and oxygen atoms in total. The topological polar surface area (TPSA) is 49.9 Å². The number of methoxy groups -OCH3 is 1. The second-order valence-electron chi connectivity index (χ2n) is 7.85. The lowest BCUT2D eigenvalue weighted by Crippen LogP contribution is -2.53. The molecule has 2 fully saturated rings. The number of ether oxygens (including phenoxy) is 1. The Hall–Kier alpha value is -1.88. The zero-order valence-corrected chi connectivity index (χ0v) is 16.0. The molecule has 3 rings (SSSR count). The van der Waals surface area contributed by atoms with Crippen LogP contribution in [0.15, 0.2) is 24.3 Å². The van der Waals surface area contributed by atoms with Crippen molar-refractivity contribution in [3.8, 4) is 0 Å². The van der Waals surface area contributed by atoms with E-state index in [-0.39, 0.29) is 17.2 Å². The SMILES string of the molecule is COCCN1CC2(CCC1=O)CCN(C(=O)Cc1cccc(C)c1)CC2. The minimum Gasteiger partial charge on any atom is -0.383 e. The standard InChI is InChI=1S/C21H30N2O3/c1-17-4-3-5-18(14-17)15-20(25)22-10-8-21(9-11-22)7-6-19(24)23(16-21)12-13-26-2/h3-5,14H,6-13,15-16H2,1-2H3. The molecule has 0 radical (unpaired) electrons. The Bertz CT molecular complexity index is 650. The minimum atomic E-state index is 0.182. The molecule has 0 atom stereocenters. The van der Waals surface area contributed by atoms with Crippen LogP contribution in [0.1, 0.15) is 36.8 Å². The van der Waals surface area contributed by atoms with Crippen LogP contribution in [-0.4, -0.2) is 61.5 Å². The molecule has 2 aliphatic heterocycles. The van der Waals surface area contributed by atoms with E-state index in [0.29, 0.717) is 26.0 Å². The van der Waals surface area contributed by atoms with Crippen molar-refractivity contribution in [1.82, 2.24) is 9.80 Å². The van der Waals surface area contributed by atoms with Crippen LogP contribution in [0.4, 0.5) is 0 Å². The van der Waals surface area contributed by atoms with Crippen LogP contribution < -0.4 is 0 Å². The molecule has 0 saturated carbocycles. The maximum atomic E-state index is 12.7. The molecule has 2 saturated heterocycles. The quantitative estimate of drug-likeness (QED) is 0.812. The number of amides is 2. The fourth-order valence-electron chi connectivity index (χ4n) is 4.25. The summed E-state index contributed by atoms with van der Waals surface area (Å²) < 4.78 is 5.14. The molecule has 0 N–H and O–H groups in total. The van der Waals surface area contributed by atoms with Gasteiger partial charge in [-0.05, 0) is 37.2 Å². The van der Waals surface area contributed by atoms with Crippen LogP contribution in [0.3, 0.4) is 0 Å². The molecule has 5 heteroatoms. The third-order valence-electron chi connectivity index (χ3n) is 5.93. The predicted molar refractivity (Wildman–Crippen MR) is 101 cm³/mol. The first-order chi connectivity index (χ1) is 12.5. The molecule has 0 bridgehead atoms. The minimum absolute atomic E-state index is 0.182. The van der Waals surface area contributed by atoms with Crippen molar-refractivity contribution >= 4 is 11.8 Å². The van der Waals surface area contributed by atoms with Gasteiger partial charge in [-0.3, -0.25) is 9.59 Å². The molecule has 1 aromatic carbocycles. The van der Waals surface area contributed by atoms with Gasteiger partial charge in [-0.1, -0.05) is 29.8 Å². The molecular weight excluding hydrogens is 328 g/mol. The van der Waals surface area contributed by atoms with E-state index >= 15 is 0 Å². The highest BCUT2D eigenvalue weighted by Gasteiger charge is 2.41. The van der Waals surface area contributed by atoms with Crippen molar-refractivity contribution in [1.29, 1.82) is 0 Å². The number of piperidine rings is 2. The van der Waals surface area contributed by atoms with E-state index in [4.69, 9.17) is 4.74 Å². The molecule has 0 aliphatic carbocycles. The molecule has 26 heavy (non-hydrogen) atoms. The number of aryl methyl sites for hydroxylation is 1. The average molecular weight is 358 g/mol. The Morgan fingerprint density at radius 2 is 2.00 bits per heavy atom. The molecule has 0 aromatic heterocycles. The molecule has 142 valence electrons. The Labute approximate surface area is 156 Å². The van der Waals surface area contributed by atoms with Gasteiger partial charge < -0.3 is 14.5 Å². The summed E-state index contributed by atoms with van der Waals surface area (Å²) in [6.07, 6.45) is 4.04. The zero-order valence-electron chi connectivity index (χ0n) is 16.0. The van der Waals surface area contributed by atoms with Gasteiger partial charge in [0.2, 0.25) is 11.8 Å². The van der Waals surface area contributed by atoms with E-state index in [1.807, 2.05) is 21.9 Å². The number of carbonyl (C=O) groups is 2. The zero-order chi connectivity index (χ0) is 18.6. The average Bonchev–Trinajstić information content (AvgIpc) is 2.63. The first-order valence-electron chi connectivity index (χ1n) is 9.61. The number of benzene rings is 1. The maximum absolute atomic E-state index is 12.7. The number of hydrogen-bond acceptors (Lipinski definition) is 3. The summed E-state index contributed by atoms with van der Waals surface area (Å²) in [5, 5.41) is 0. The molecule has 1 aromatic rings. The number of nitrogens with zero attached hydrogens (tertiary/aromatic N) is 2. The van der Waals surface area contributed by atoms with Crippen molar-refractivity contribution in [2.45, 2.75) is 39.0 Å². The van der Waals surface area contributed by atoms with Gasteiger partial charge in [0.15, 0.2) is 0 Å². The van der Waals surface area contributed by atoms with Gasteiger partial charge in [0.05, 0.1) is 13.0 Å². The number of hydrogen-bond donors (Lipinski definition) is 0. The number of carbonyl (C=O) groups excluding carboxylic acids is 2. The lowest BCUT2D eigenvalue weighted by molar-refractivity contribution is -0.142. The highest BCUT2D eigenvalue weighted by Crippen LogP contribution is 2.40. The molecule has 2 heterocycles. The fourth-order valence-corrected chi connectivity index (χ4v) is 4.25.